The summed E-state index contributed by atoms with van der Waals surface area (Å²) < 4.78 is 2.25. The van der Waals surface area contributed by atoms with Crippen LogP contribution in [0.5, 0.6) is 0 Å². The second-order valence-electron chi connectivity index (χ2n) is 11.2. The van der Waals surface area contributed by atoms with Gasteiger partial charge >= 0.3 is 11.7 Å². The average molecular weight is 535 g/mol. The van der Waals surface area contributed by atoms with E-state index in [2.05, 4.69) is 0 Å². The Kier molecular flexibility index (Phi) is 7.13. The maximum atomic E-state index is 13.3. The Morgan fingerprint density at radius 1 is 0.949 bits per heavy atom. The summed E-state index contributed by atoms with van der Waals surface area (Å²) in [6.07, 6.45) is 7.18. The number of urea groups is 1. The third-order valence-electron chi connectivity index (χ3n) is 8.67. The Labute approximate surface area is 226 Å². The molecule has 1 spiro atoms. The molecule has 1 saturated heterocycles. The van der Waals surface area contributed by atoms with Crippen molar-refractivity contribution in [2.75, 3.05) is 6.54 Å². The summed E-state index contributed by atoms with van der Waals surface area (Å²) in [6.45, 7) is 3.92. The van der Waals surface area contributed by atoms with Crippen LogP contribution in [0, 0.1) is 12.3 Å². The lowest BCUT2D eigenvalue weighted by Crippen LogP contribution is -2.59. The molecule has 1 aromatic carbocycles. The molecule has 1 aromatic heterocycles. The van der Waals surface area contributed by atoms with E-state index < -0.39 is 35.0 Å². The molecule has 3 fully saturated rings. The van der Waals surface area contributed by atoms with E-state index in [-0.39, 0.29) is 29.5 Å². The molecule has 1 aliphatic heterocycles. The summed E-state index contributed by atoms with van der Waals surface area (Å²) >= 11 is 0. The first-order valence-corrected chi connectivity index (χ1v) is 13.8. The van der Waals surface area contributed by atoms with Crippen LogP contribution in [0.25, 0.3) is 0 Å². The van der Waals surface area contributed by atoms with Crippen molar-refractivity contribution in [3.63, 3.8) is 0 Å². The fraction of sp³-hybridized carbons (Fsp3) is 0.517. The first-order chi connectivity index (χ1) is 18.7. The topological polar surface area (TPSA) is 119 Å². The van der Waals surface area contributed by atoms with Gasteiger partial charge in [0.2, 0.25) is 11.8 Å². The number of benzene rings is 1. The van der Waals surface area contributed by atoms with E-state index in [1.165, 1.54) is 14.4 Å². The van der Waals surface area contributed by atoms with Crippen LogP contribution >= 0.6 is 0 Å². The van der Waals surface area contributed by atoms with Gasteiger partial charge in [-0.05, 0) is 69.4 Å². The molecular weight excluding hydrogens is 500 g/mol. The van der Waals surface area contributed by atoms with Gasteiger partial charge in [-0.15, -0.1) is 0 Å². The molecule has 10 heteroatoms. The molecule has 0 N–H and O–H groups in total. The van der Waals surface area contributed by atoms with Gasteiger partial charge in [0.15, 0.2) is 0 Å². The molecule has 0 unspecified atom stereocenters. The standard InChI is InChI=1S/C29H34N4O6/c1-3-4-14-30-23(34)15-24(35)32(27(30)38)21-10-12-29(13-11-21)16-22(17-29)31-18-19(2)25(36)33(28(31)39)26(37)20-8-6-5-7-9-20/h5-9,18,21-22H,3-4,10-17H2,1-2H3. The van der Waals surface area contributed by atoms with Crippen LogP contribution in [0.4, 0.5) is 4.79 Å². The highest BCUT2D eigenvalue weighted by Gasteiger charge is 2.50. The molecule has 4 amide bonds. The van der Waals surface area contributed by atoms with Gasteiger partial charge in [0, 0.05) is 36.0 Å². The maximum absolute atomic E-state index is 13.3. The number of hydrogen-bond donors (Lipinski definition) is 0. The SMILES string of the molecule is CCCCN1C(=O)CC(=O)N(C2CCC3(CC2)CC(n2cc(C)c(=O)n(C(=O)c4ccccc4)c2=O)C3)C1=O. The van der Waals surface area contributed by atoms with E-state index in [1.54, 1.807) is 43.5 Å². The van der Waals surface area contributed by atoms with Crippen molar-refractivity contribution in [2.45, 2.75) is 83.7 Å². The highest BCUT2D eigenvalue weighted by Crippen LogP contribution is 2.57. The molecule has 39 heavy (non-hydrogen) atoms. The minimum Gasteiger partial charge on any atom is -0.297 e. The fourth-order valence-corrected chi connectivity index (χ4v) is 6.42. The molecule has 2 heterocycles. The lowest BCUT2D eigenvalue weighted by Gasteiger charge is -2.53. The van der Waals surface area contributed by atoms with Gasteiger partial charge < -0.3 is 0 Å². The smallest absolute Gasteiger partial charge is 0.297 e. The summed E-state index contributed by atoms with van der Waals surface area (Å²) in [5, 5.41) is 0. The number of aromatic nitrogens is 2. The highest BCUT2D eigenvalue weighted by atomic mass is 16.2. The third kappa shape index (κ3) is 4.77. The number of hydrogen-bond acceptors (Lipinski definition) is 6. The van der Waals surface area contributed by atoms with Crippen molar-refractivity contribution in [3.8, 4) is 0 Å². The van der Waals surface area contributed by atoms with E-state index in [9.17, 15) is 28.8 Å². The van der Waals surface area contributed by atoms with Crippen LogP contribution in [0.3, 0.4) is 0 Å². The van der Waals surface area contributed by atoms with Crippen molar-refractivity contribution in [1.29, 1.82) is 0 Å². The van der Waals surface area contributed by atoms with Crippen molar-refractivity contribution in [2.24, 2.45) is 5.41 Å². The largest absolute Gasteiger partial charge is 0.338 e. The van der Waals surface area contributed by atoms with Crippen molar-refractivity contribution in [1.82, 2.24) is 18.9 Å². The normalized spacial score (nSPS) is 25.2. The van der Waals surface area contributed by atoms with Gasteiger partial charge in [0.05, 0.1) is 0 Å². The lowest BCUT2D eigenvalue weighted by atomic mass is 9.57. The molecule has 2 aliphatic carbocycles. The summed E-state index contributed by atoms with van der Waals surface area (Å²) in [5.41, 5.74) is -0.656. The molecule has 0 bridgehead atoms. The predicted octanol–water partition coefficient (Wildman–Crippen LogP) is 3.25. The predicted molar refractivity (Wildman–Crippen MR) is 142 cm³/mol. The maximum Gasteiger partial charge on any atom is 0.338 e. The van der Waals surface area contributed by atoms with E-state index >= 15 is 0 Å². The number of imide groups is 2. The minimum atomic E-state index is -0.639. The number of carbonyl (C=O) groups is 4. The summed E-state index contributed by atoms with van der Waals surface area (Å²) in [6, 6.07) is 7.42. The number of rotatable bonds is 6. The number of carbonyl (C=O) groups excluding carboxylic acids is 4. The molecule has 206 valence electrons. The molecule has 0 atom stereocenters. The highest BCUT2D eigenvalue weighted by molar-refractivity contribution is 6.14. The van der Waals surface area contributed by atoms with Crippen molar-refractivity contribution < 1.29 is 19.2 Å². The van der Waals surface area contributed by atoms with Gasteiger partial charge in [-0.1, -0.05) is 31.5 Å². The fourth-order valence-electron chi connectivity index (χ4n) is 6.42. The van der Waals surface area contributed by atoms with Crippen LogP contribution in [0.2, 0.25) is 0 Å². The Morgan fingerprint density at radius 2 is 1.62 bits per heavy atom. The van der Waals surface area contributed by atoms with Gasteiger partial charge in [0.1, 0.15) is 6.42 Å². The van der Waals surface area contributed by atoms with Crippen LogP contribution in [0.1, 0.15) is 86.7 Å². The monoisotopic (exact) mass is 534 g/mol. The first-order valence-electron chi connectivity index (χ1n) is 13.8. The Hall–Kier alpha value is -3.82. The van der Waals surface area contributed by atoms with E-state index in [0.29, 0.717) is 31.4 Å². The second kappa shape index (κ2) is 10.4. The van der Waals surface area contributed by atoms with Gasteiger partial charge in [-0.25, -0.2) is 9.59 Å². The number of barbiturate groups is 1. The van der Waals surface area contributed by atoms with Crippen molar-refractivity contribution >= 4 is 23.8 Å². The van der Waals surface area contributed by atoms with E-state index in [4.69, 9.17) is 0 Å². The molecule has 2 saturated carbocycles. The van der Waals surface area contributed by atoms with Crippen LogP contribution in [-0.4, -0.2) is 55.3 Å². The Morgan fingerprint density at radius 3 is 2.26 bits per heavy atom. The average Bonchev–Trinajstić information content (AvgIpc) is 2.90. The van der Waals surface area contributed by atoms with Crippen LogP contribution in [0.15, 0.2) is 46.1 Å². The number of unbranched alkanes of at least 4 members (excludes halogenated alkanes) is 1. The molecule has 3 aliphatic rings. The quantitative estimate of drug-likeness (QED) is 0.525. The zero-order valence-electron chi connectivity index (χ0n) is 22.4. The third-order valence-corrected chi connectivity index (χ3v) is 8.67. The Bertz CT molecular complexity index is 1430. The zero-order chi connectivity index (χ0) is 27.9. The molecule has 0 radical (unpaired) electrons. The van der Waals surface area contributed by atoms with Gasteiger partial charge in [0.25, 0.3) is 11.5 Å². The van der Waals surface area contributed by atoms with Gasteiger partial charge in [-0.3, -0.25) is 33.5 Å². The second-order valence-corrected chi connectivity index (χ2v) is 11.2. The van der Waals surface area contributed by atoms with Crippen LogP contribution < -0.4 is 11.2 Å². The van der Waals surface area contributed by atoms with Crippen molar-refractivity contribution in [3.05, 3.63) is 68.5 Å². The molecule has 5 rings (SSSR count). The summed E-state index contributed by atoms with van der Waals surface area (Å²) in [7, 11) is 0. The molecule has 2 aromatic rings. The van der Waals surface area contributed by atoms with Gasteiger partial charge in [-0.2, -0.15) is 4.57 Å². The number of amides is 4. The molecule has 10 nitrogen and oxygen atoms in total. The minimum absolute atomic E-state index is 0.0154. The zero-order valence-corrected chi connectivity index (χ0v) is 22.4. The number of nitrogens with zero attached hydrogens (tertiary/aromatic N) is 4. The van der Waals surface area contributed by atoms with E-state index in [1.807, 2.05) is 6.92 Å². The van der Waals surface area contributed by atoms with Crippen LogP contribution in [-0.2, 0) is 9.59 Å². The number of aryl methyl sites for hydroxylation is 1. The lowest BCUT2D eigenvalue weighted by molar-refractivity contribution is -0.145. The summed E-state index contributed by atoms with van der Waals surface area (Å²) in [4.78, 5) is 79.6. The van der Waals surface area contributed by atoms with E-state index in [0.717, 1.165) is 36.7 Å². The Balaban J connectivity index is 1.28. The molecular formula is C29H34N4O6. The summed E-state index contributed by atoms with van der Waals surface area (Å²) in [5.74, 6) is -1.48. The first kappa shape index (κ1) is 26.8.